The number of nitrogens with two attached hydrogens (primary N) is 2. The van der Waals surface area contributed by atoms with E-state index in [9.17, 15) is 43.7 Å². The summed E-state index contributed by atoms with van der Waals surface area (Å²) < 4.78 is 21.0. The summed E-state index contributed by atoms with van der Waals surface area (Å²) in [6, 6.07) is 0. The summed E-state index contributed by atoms with van der Waals surface area (Å²) in [6.45, 7) is 6.06. The fourth-order valence-electron chi connectivity index (χ4n) is 6.12. The first-order valence-corrected chi connectivity index (χ1v) is 19.2. The largest absolute Gasteiger partial charge is 0.481 e. The van der Waals surface area contributed by atoms with Gasteiger partial charge in [0.1, 0.15) is 11.9 Å². The Balaban J connectivity index is 0.00000181. The highest BCUT2D eigenvalue weighted by Gasteiger charge is 2.26. The highest BCUT2D eigenvalue weighted by atomic mass is 19.1. The van der Waals surface area contributed by atoms with Gasteiger partial charge in [-0.1, -0.05) is 6.58 Å². The van der Waals surface area contributed by atoms with Gasteiger partial charge in [-0.2, -0.15) is 9.97 Å². The molecule has 60 heavy (non-hydrogen) atoms. The van der Waals surface area contributed by atoms with E-state index < -0.39 is 30.0 Å². The lowest BCUT2D eigenvalue weighted by molar-refractivity contribution is -0.140. The van der Waals surface area contributed by atoms with E-state index in [2.05, 4.69) is 42.9 Å². The van der Waals surface area contributed by atoms with Crippen LogP contribution in [0.4, 0.5) is 16.2 Å². The van der Waals surface area contributed by atoms with Gasteiger partial charge < -0.3 is 51.6 Å². The molecule has 1 unspecified atom stereocenters. The number of rotatable bonds is 18. The van der Waals surface area contributed by atoms with Crippen LogP contribution in [0.2, 0.25) is 0 Å². The molecule has 0 spiro atoms. The second-order valence-corrected chi connectivity index (χ2v) is 14.0. The van der Waals surface area contributed by atoms with E-state index in [0.29, 0.717) is 87.3 Å². The molecule has 2 aromatic heterocycles. The Morgan fingerprint density at radius 2 is 1.42 bits per heavy atom. The second kappa shape index (κ2) is 24.8. The lowest BCUT2D eigenvalue weighted by atomic mass is 10.3. The minimum absolute atomic E-state index is 0.00371. The van der Waals surface area contributed by atoms with Gasteiger partial charge in [0.25, 0.3) is 0 Å². The number of aromatic nitrogens is 4. The molecule has 4 heterocycles. The summed E-state index contributed by atoms with van der Waals surface area (Å²) in [6.07, 6.45) is 4.06. The number of hydrogen-bond donors (Lipinski definition) is 7. The van der Waals surface area contributed by atoms with Crippen LogP contribution in [-0.4, -0.2) is 208 Å². The Kier molecular flexibility index (Phi) is 20.0. The summed E-state index contributed by atoms with van der Waals surface area (Å²) >= 11 is 0. The average molecular weight is 849 g/mol. The Hall–Kier alpha value is -5.98. The molecule has 2 aromatic rings. The van der Waals surface area contributed by atoms with Crippen LogP contribution < -0.4 is 27.0 Å². The van der Waals surface area contributed by atoms with Crippen LogP contribution in [0.5, 0.6) is 0 Å². The van der Waals surface area contributed by atoms with Gasteiger partial charge in [-0.25, -0.2) is 9.37 Å². The first kappa shape index (κ1) is 48.4. The number of ether oxygens (including phenoxy) is 1. The van der Waals surface area contributed by atoms with Gasteiger partial charge in [0.2, 0.25) is 23.6 Å². The fourth-order valence-corrected chi connectivity index (χ4v) is 6.12. The number of carbonyl (C=O) groups is 5. The number of aryl methyl sites for hydroxylation is 1. The van der Waals surface area contributed by atoms with Gasteiger partial charge in [-0.15, -0.1) is 0 Å². The van der Waals surface area contributed by atoms with Crippen molar-refractivity contribution in [2.24, 2.45) is 23.5 Å². The number of aliphatic carboxylic acids is 3. The Bertz CT molecular complexity index is 1810. The zero-order valence-electron chi connectivity index (χ0n) is 34.0. The van der Waals surface area contributed by atoms with Crippen molar-refractivity contribution in [1.82, 2.24) is 44.4 Å². The quantitative estimate of drug-likeness (QED) is 0.0363. The topological polar surface area (TPSA) is 304 Å². The zero-order valence-corrected chi connectivity index (χ0v) is 34.0. The number of amides is 2. The number of alkyl halides is 1. The number of carboxylic acids is 3. The molecule has 2 amide bonds. The van der Waals surface area contributed by atoms with Crippen molar-refractivity contribution < 1.29 is 48.4 Å². The summed E-state index contributed by atoms with van der Waals surface area (Å²) in [5.41, 5.74) is 12.0. The molecular formula is C36H57FN14O9. The molecule has 0 aromatic carbocycles. The van der Waals surface area contributed by atoms with Crippen LogP contribution in [0.25, 0.3) is 11.2 Å². The van der Waals surface area contributed by atoms with Crippen molar-refractivity contribution >= 4 is 58.9 Å². The number of carbonyl (C=O) groups excluding carboxylic acids is 2. The van der Waals surface area contributed by atoms with E-state index >= 15 is 0 Å². The molecular weight excluding hydrogens is 791 g/mol. The number of fused-ring (bicyclic) bond motifs is 1. The molecule has 332 valence electrons. The number of allylic oxidation sites excluding steroid dienone is 1. The van der Waals surface area contributed by atoms with Gasteiger partial charge in [-0.05, 0) is 18.9 Å². The van der Waals surface area contributed by atoms with E-state index in [-0.39, 0.29) is 70.7 Å². The molecule has 0 aliphatic carbocycles. The number of imidazole rings is 1. The normalized spacial score (nSPS) is 18.1. The molecule has 24 heteroatoms. The molecule has 0 bridgehead atoms. The minimum atomic E-state index is -1.03. The average Bonchev–Trinajstić information content (AvgIpc) is 3.80. The van der Waals surface area contributed by atoms with E-state index in [1.54, 1.807) is 37.5 Å². The molecule has 2 saturated heterocycles. The highest BCUT2D eigenvalue weighted by Crippen LogP contribution is 2.26. The smallest absolute Gasteiger partial charge is 0.317 e. The van der Waals surface area contributed by atoms with E-state index in [4.69, 9.17) is 10.5 Å². The first-order valence-electron chi connectivity index (χ1n) is 19.2. The zero-order chi connectivity index (χ0) is 44.2. The predicted octanol–water partition coefficient (Wildman–Crippen LogP) is -2.19. The molecule has 2 fully saturated rings. The number of primary amides is 1. The molecule has 2 aliphatic rings. The van der Waals surface area contributed by atoms with E-state index in [1.165, 1.54) is 13.3 Å². The molecule has 0 radical (unpaired) electrons. The number of nitrogens with one attached hydrogen (secondary N) is 2. The molecule has 23 nitrogen and oxygen atoms in total. The number of hydrogen-bond acceptors (Lipinski definition) is 17. The van der Waals surface area contributed by atoms with Gasteiger partial charge in [0.05, 0.1) is 52.4 Å². The van der Waals surface area contributed by atoms with Crippen molar-refractivity contribution in [2.45, 2.75) is 19.0 Å². The first-order chi connectivity index (χ1) is 28.6. The third-order valence-corrected chi connectivity index (χ3v) is 9.28. The fraction of sp³-hybridized carbons (Fsp3) is 0.583. The number of aliphatic imine (C=N–C) groups is 1. The van der Waals surface area contributed by atoms with Crippen LogP contribution in [0.3, 0.4) is 0 Å². The van der Waals surface area contributed by atoms with Gasteiger partial charge in [-0.3, -0.25) is 48.6 Å². The van der Waals surface area contributed by atoms with Gasteiger partial charge in [0.15, 0.2) is 17.0 Å². The Labute approximate surface area is 346 Å². The summed E-state index contributed by atoms with van der Waals surface area (Å²) in [4.78, 5) is 83.7. The molecule has 9 N–H and O–H groups in total. The Morgan fingerprint density at radius 1 is 0.900 bits per heavy atom. The SMILES string of the molecule is C=CC(N)=O.CO/C(N)=C(/C=NCCCNC(=O)CN1CCN(CC(=O)O)CCN(CC(=O)O)CCN(CC(=O)O)CC1)Nc1nc(N2CCC(F)C2)nc2c1ncn2C. The Morgan fingerprint density at radius 3 is 1.87 bits per heavy atom. The summed E-state index contributed by atoms with van der Waals surface area (Å²) in [5.74, 6) is -3.09. The highest BCUT2D eigenvalue weighted by molar-refractivity contribution is 5.90. The van der Waals surface area contributed by atoms with Crippen LogP contribution in [-0.2, 0) is 35.8 Å². The van der Waals surface area contributed by atoms with E-state index in [0.717, 1.165) is 6.08 Å². The van der Waals surface area contributed by atoms with E-state index in [1.807, 2.05) is 4.90 Å². The van der Waals surface area contributed by atoms with Gasteiger partial charge >= 0.3 is 17.9 Å². The molecule has 0 saturated carbocycles. The predicted molar refractivity (Wildman–Crippen MR) is 219 cm³/mol. The third-order valence-electron chi connectivity index (χ3n) is 9.28. The molecule has 4 rings (SSSR count). The maximum absolute atomic E-state index is 14.0. The summed E-state index contributed by atoms with van der Waals surface area (Å²) in [5, 5.41) is 34.2. The van der Waals surface area contributed by atoms with Crippen molar-refractivity contribution in [2.75, 3.05) is 122 Å². The number of carboxylic acid groups (broad SMARTS) is 3. The number of anilines is 2. The number of methoxy groups -OCH3 is 1. The van der Waals surface area contributed by atoms with Crippen molar-refractivity contribution in [3.63, 3.8) is 0 Å². The summed E-state index contributed by atoms with van der Waals surface area (Å²) in [7, 11) is 3.21. The van der Waals surface area contributed by atoms with Crippen LogP contribution >= 0.6 is 0 Å². The van der Waals surface area contributed by atoms with Crippen molar-refractivity contribution in [3.8, 4) is 0 Å². The van der Waals surface area contributed by atoms with Crippen molar-refractivity contribution in [3.05, 3.63) is 30.6 Å². The minimum Gasteiger partial charge on any atom is -0.481 e. The maximum Gasteiger partial charge on any atom is 0.317 e. The number of nitrogens with zero attached hydrogens (tertiary/aromatic N) is 10. The maximum atomic E-state index is 14.0. The van der Waals surface area contributed by atoms with Crippen LogP contribution in [0.15, 0.2) is 35.6 Å². The standard InChI is InChI=1S/C33H52FN13O8.C3H5NO/c1-42-22-38-29-31(40-33(41-32(29)42)47-7-4-23(34)17-47)39-24(30(35)55-2)16-36-5-3-6-37-25(48)18-43-8-10-44(19-26(49)50)12-14-46(21-28(53)54)15-13-45(11-9-43)20-27(51)52;1-2-3(4)5/h16,22-23H,3-15,17-21,35H2,1-2H3,(H,37,48)(H,49,50)(H,51,52)(H,53,54)(H,39,40,41);2H,1H2,(H2,4,5)/b30-24-,36-16?;. The second-order valence-electron chi connectivity index (χ2n) is 14.0. The third kappa shape index (κ3) is 17.1. The molecule has 2 aliphatic heterocycles. The molecule has 1 atom stereocenters. The van der Waals surface area contributed by atoms with Crippen LogP contribution in [0.1, 0.15) is 12.8 Å². The lowest BCUT2D eigenvalue weighted by Gasteiger charge is -2.32. The van der Waals surface area contributed by atoms with Gasteiger partial charge in [0, 0.05) is 79.0 Å². The van der Waals surface area contributed by atoms with Crippen LogP contribution in [0, 0.1) is 0 Å². The van der Waals surface area contributed by atoms with Crippen molar-refractivity contribution in [1.29, 1.82) is 0 Å². The number of halogens is 1. The lowest BCUT2D eigenvalue weighted by Crippen LogP contribution is -2.49. The monoisotopic (exact) mass is 848 g/mol.